The summed E-state index contributed by atoms with van der Waals surface area (Å²) in [6, 6.07) is 4.32. The van der Waals surface area contributed by atoms with E-state index in [0.717, 1.165) is 4.90 Å². The minimum atomic E-state index is -1.96. The molecule has 1 saturated carbocycles. The molecule has 11 heteroatoms. The van der Waals surface area contributed by atoms with Crippen LogP contribution in [0, 0.1) is 11.8 Å². The van der Waals surface area contributed by atoms with Crippen LogP contribution in [0.3, 0.4) is 0 Å². The number of anilines is 1. The molecule has 1 saturated heterocycles. The SMILES string of the molecule is O=C1C2C(C(=O)N1c1ccc(Cl)c(Cl)c1)C1(Cl)C(Cl)=C(Cl)C2(Cl)C1(Cl)Cl. The highest BCUT2D eigenvalue weighted by Crippen LogP contribution is 2.77. The van der Waals surface area contributed by atoms with Crippen LogP contribution in [0.5, 0.6) is 0 Å². The zero-order valence-electron chi connectivity index (χ0n) is 12.2. The summed E-state index contributed by atoms with van der Waals surface area (Å²) < 4.78 is -1.96. The van der Waals surface area contributed by atoms with Crippen LogP contribution in [-0.4, -0.2) is 25.9 Å². The first kappa shape index (κ1) is 19.7. The van der Waals surface area contributed by atoms with Crippen LogP contribution in [-0.2, 0) is 9.59 Å². The number of halogens is 8. The Hall–Kier alpha value is 0.420. The van der Waals surface area contributed by atoms with Crippen LogP contribution < -0.4 is 4.90 Å². The molecule has 1 aliphatic heterocycles. The lowest BCUT2D eigenvalue weighted by Crippen LogP contribution is -2.50. The van der Waals surface area contributed by atoms with Crippen molar-refractivity contribution in [3.63, 3.8) is 0 Å². The number of carbonyl (C=O) groups excluding carboxylic acids is 2. The van der Waals surface area contributed by atoms with E-state index in [-0.39, 0.29) is 25.8 Å². The molecule has 0 spiro atoms. The lowest BCUT2D eigenvalue weighted by atomic mass is 9.84. The number of benzene rings is 1. The van der Waals surface area contributed by atoms with E-state index in [2.05, 4.69) is 0 Å². The smallest absolute Gasteiger partial charge is 0.240 e. The summed E-state index contributed by atoms with van der Waals surface area (Å²) >= 11 is 50.4. The molecule has 3 nitrogen and oxygen atoms in total. The molecule has 4 unspecified atom stereocenters. The molecule has 0 N–H and O–H groups in total. The zero-order valence-corrected chi connectivity index (χ0v) is 18.2. The molecule has 138 valence electrons. The number of amides is 2. The fourth-order valence-electron chi connectivity index (χ4n) is 3.87. The molecule has 1 aromatic rings. The number of carbonyl (C=O) groups is 2. The molecule has 3 aliphatic rings. The van der Waals surface area contributed by atoms with Gasteiger partial charge in [-0.3, -0.25) is 9.59 Å². The Morgan fingerprint density at radius 1 is 0.769 bits per heavy atom. The fourth-order valence-corrected chi connectivity index (χ4v) is 7.10. The number of fused-ring (bicyclic) bond motifs is 5. The average Bonchev–Trinajstić information content (AvgIpc) is 2.95. The van der Waals surface area contributed by atoms with Gasteiger partial charge in [0.05, 0.1) is 37.6 Å². The van der Waals surface area contributed by atoms with Gasteiger partial charge in [-0.1, -0.05) is 69.6 Å². The van der Waals surface area contributed by atoms with E-state index in [9.17, 15) is 9.59 Å². The Labute approximate surface area is 188 Å². The maximum Gasteiger partial charge on any atom is 0.240 e. The maximum atomic E-state index is 13.1. The van der Waals surface area contributed by atoms with Crippen molar-refractivity contribution in [3.05, 3.63) is 38.3 Å². The third kappa shape index (κ3) is 1.92. The van der Waals surface area contributed by atoms with Crippen LogP contribution in [0.2, 0.25) is 10.0 Å². The van der Waals surface area contributed by atoms with Gasteiger partial charge in [0.15, 0.2) is 4.33 Å². The molecular formula is C15H5Cl8NO2. The van der Waals surface area contributed by atoms with E-state index < -0.39 is 37.7 Å². The van der Waals surface area contributed by atoms with Gasteiger partial charge >= 0.3 is 0 Å². The monoisotopic (exact) mass is 511 g/mol. The van der Waals surface area contributed by atoms with Crippen molar-refractivity contribution in [2.24, 2.45) is 11.8 Å². The van der Waals surface area contributed by atoms with Gasteiger partial charge < -0.3 is 0 Å². The highest BCUT2D eigenvalue weighted by Gasteiger charge is 2.87. The Morgan fingerprint density at radius 3 is 1.65 bits per heavy atom. The van der Waals surface area contributed by atoms with Gasteiger partial charge in [0, 0.05) is 0 Å². The quantitative estimate of drug-likeness (QED) is 0.343. The van der Waals surface area contributed by atoms with Crippen LogP contribution in [0.15, 0.2) is 28.3 Å². The Morgan fingerprint density at radius 2 is 1.23 bits per heavy atom. The third-order valence-corrected chi connectivity index (χ3v) is 10.1. The first-order valence-electron chi connectivity index (χ1n) is 7.07. The Bertz CT molecular complexity index is 884. The largest absolute Gasteiger partial charge is 0.274 e. The van der Waals surface area contributed by atoms with E-state index in [0.29, 0.717) is 0 Å². The lowest BCUT2D eigenvalue weighted by Gasteiger charge is -2.34. The molecule has 4 atom stereocenters. The molecule has 0 radical (unpaired) electrons. The third-order valence-electron chi connectivity index (χ3n) is 5.07. The zero-order chi connectivity index (χ0) is 19.4. The Kier molecular flexibility index (Phi) is 4.35. The maximum absolute atomic E-state index is 13.1. The van der Waals surface area contributed by atoms with Gasteiger partial charge in [0.25, 0.3) is 0 Å². The second-order valence-corrected chi connectivity index (χ2v) is 10.3. The Balaban J connectivity index is 1.90. The van der Waals surface area contributed by atoms with Crippen molar-refractivity contribution < 1.29 is 9.59 Å². The molecular weight excluding hydrogens is 510 g/mol. The van der Waals surface area contributed by atoms with Gasteiger partial charge in [-0.25, -0.2) is 4.90 Å². The van der Waals surface area contributed by atoms with E-state index in [4.69, 9.17) is 92.8 Å². The number of hydrogen-bond donors (Lipinski definition) is 0. The second-order valence-electron chi connectivity index (χ2n) is 6.19. The van der Waals surface area contributed by atoms with E-state index in [1.165, 1.54) is 18.2 Å². The molecule has 2 bridgehead atoms. The van der Waals surface area contributed by atoms with Crippen molar-refractivity contribution in [3.8, 4) is 0 Å². The number of hydrogen-bond acceptors (Lipinski definition) is 2. The summed E-state index contributed by atoms with van der Waals surface area (Å²) in [5, 5.41) is 0.160. The summed E-state index contributed by atoms with van der Waals surface area (Å²) in [7, 11) is 0. The van der Waals surface area contributed by atoms with E-state index in [1.54, 1.807) is 0 Å². The summed E-state index contributed by atoms with van der Waals surface area (Å²) in [6.07, 6.45) is 0. The minimum absolute atomic E-state index is 0.140. The predicted molar refractivity (Wildman–Crippen MR) is 106 cm³/mol. The van der Waals surface area contributed by atoms with Gasteiger partial charge in [-0.05, 0) is 18.2 Å². The predicted octanol–water partition coefficient (Wildman–Crippen LogP) is 5.94. The van der Waals surface area contributed by atoms with Crippen LogP contribution >= 0.6 is 92.8 Å². The topological polar surface area (TPSA) is 37.4 Å². The highest BCUT2D eigenvalue weighted by atomic mass is 35.5. The van der Waals surface area contributed by atoms with Crippen LogP contribution in [0.1, 0.15) is 0 Å². The standard InChI is InChI=1S/C15H5Cl8NO2/c16-5-2-1-4(3-6(5)17)24-11(25)7-8(12(24)26)14(21)10(19)9(18)13(7,20)15(14,22)23/h1-3,7-8H. The second kappa shape index (κ2) is 5.73. The lowest BCUT2D eigenvalue weighted by molar-refractivity contribution is -0.123. The van der Waals surface area contributed by atoms with Gasteiger partial charge in [0.2, 0.25) is 11.8 Å². The first-order valence-corrected chi connectivity index (χ1v) is 10.1. The normalized spacial score (nSPS) is 37.8. The van der Waals surface area contributed by atoms with Gasteiger partial charge in [-0.15, -0.1) is 23.2 Å². The van der Waals surface area contributed by atoms with Crippen molar-refractivity contribution >= 4 is 110 Å². The average molecular weight is 515 g/mol. The van der Waals surface area contributed by atoms with Crippen LogP contribution in [0.25, 0.3) is 0 Å². The number of alkyl halides is 4. The van der Waals surface area contributed by atoms with Gasteiger partial charge in [0.1, 0.15) is 9.75 Å². The minimum Gasteiger partial charge on any atom is -0.274 e. The summed E-state index contributed by atoms with van der Waals surface area (Å²) in [5.41, 5.74) is 0.214. The summed E-state index contributed by atoms with van der Waals surface area (Å²) in [5.74, 6) is -3.67. The van der Waals surface area contributed by atoms with E-state index in [1.807, 2.05) is 0 Å². The van der Waals surface area contributed by atoms with Crippen molar-refractivity contribution in [2.75, 3.05) is 4.90 Å². The number of imide groups is 1. The molecule has 2 fully saturated rings. The van der Waals surface area contributed by atoms with Crippen LogP contribution in [0.4, 0.5) is 5.69 Å². The highest BCUT2D eigenvalue weighted by molar-refractivity contribution is 6.67. The number of rotatable bonds is 1. The first-order chi connectivity index (χ1) is 11.9. The summed E-state index contributed by atoms with van der Waals surface area (Å²) in [6.45, 7) is 0. The van der Waals surface area contributed by atoms with Gasteiger partial charge in [-0.2, -0.15) is 0 Å². The molecule has 1 aromatic carbocycles. The molecule has 26 heavy (non-hydrogen) atoms. The van der Waals surface area contributed by atoms with Crippen molar-refractivity contribution in [1.29, 1.82) is 0 Å². The molecule has 0 aromatic heterocycles. The van der Waals surface area contributed by atoms with E-state index >= 15 is 0 Å². The molecule has 2 aliphatic carbocycles. The molecule has 1 heterocycles. The molecule has 4 rings (SSSR count). The van der Waals surface area contributed by atoms with Crippen molar-refractivity contribution in [1.82, 2.24) is 0 Å². The summed E-state index contributed by atoms with van der Waals surface area (Å²) in [4.78, 5) is 23.5. The molecule has 2 amide bonds. The number of allylic oxidation sites excluding steroid dienone is 2. The van der Waals surface area contributed by atoms with Crippen molar-refractivity contribution in [2.45, 2.75) is 14.1 Å². The number of nitrogens with zero attached hydrogens (tertiary/aromatic N) is 1. The fraction of sp³-hybridized carbons (Fsp3) is 0.333.